The van der Waals surface area contributed by atoms with E-state index in [0.717, 1.165) is 17.1 Å². The van der Waals surface area contributed by atoms with E-state index in [2.05, 4.69) is 35.1 Å². The summed E-state index contributed by atoms with van der Waals surface area (Å²) in [6, 6.07) is 5.84. The van der Waals surface area contributed by atoms with E-state index >= 15 is 0 Å². The highest BCUT2D eigenvalue weighted by Gasteiger charge is 2.58. The molecule has 1 N–H and O–H groups in total. The normalized spacial score (nSPS) is 29.3. The molecule has 3 heteroatoms. The molecule has 3 rings (SSSR count). The molecule has 98 valence electrons. The highest BCUT2D eigenvalue weighted by Crippen LogP contribution is 2.65. The van der Waals surface area contributed by atoms with Gasteiger partial charge in [-0.15, -0.1) is 0 Å². The number of hydrogen-bond acceptors (Lipinski definition) is 1. The first-order chi connectivity index (χ1) is 8.50. The lowest BCUT2D eigenvalue weighted by Crippen LogP contribution is -2.20. The van der Waals surface area contributed by atoms with E-state index in [1.54, 1.807) is 12.1 Å². The first-order valence-corrected chi connectivity index (χ1v) is 7.48. The number of nitrogens with one attached hydrogen (secondary N) is 1. The van der Waals surface area contributed by atoms with Crippen LogP contribution in [0.4, 0.5) is 4.39 Å². The summed E-state index contributed by atoms with van der Waals surface area (Å²) < 4.78 is 14.1. The summed E-state index contributed by atoms with van der Waals surface area (Å²) in [5, 5.41) is 3.62. The molecule has 0 heterocycles. The monoisotopic (exact) mass is 311 g/mol. The van der Waals surface area contributed by atoms with Crippen molar-refractivity contribution < 1.29 is 4.39 Å². The molecule has 0 bridgehead atoms. The minimum atomic E-state index is -0.170. The van der Waals surface area contributed by atoms with Crippen LogP contribution < -0.4 is 5.32 Å². The summed E-state index contributed by atoms with van der Waals surface area (Å²) in [7, 11) is 0. The SMILES string of the molecule is CC1(C)C(CNC2CC2)C1c1ccc(F)cc1Br. The van der Waals surface area contributed by atoms with Crippen LogP contribution in [0.3, 0.4) is 0 Å². The van der Waals surface area contributed by atoms with Gasteiger partial charge in [-0.3, -0.25) is 0 Å². The fourth-order valence-electron chi connectivity index (χ4n) is 3.08. The fourth-order valence-corrected chi connectivity index (χ4v) is 3.67. The van der Waals surface area contributed by atoms with E-state index in [4.69, 9.17) is 0 Å². The summed E-state index contributed by atoms with van der Waals surface area (Å²) in [6.07, 6.45) is 2.66. The lowest BCUT2D eigenvalue weighted by Gasteiger charge is -2.05. The Morgan fingerprint density at radius 3 is 2.72 bits per heavy atom. The number of halogens is 2. The van der Waals surface area contributed by atoms with E-state index in [9.17, 15) is 4.39 Å². The van der Waals surface area contributed by atoms with E-state index in [1.165, 1.54) is 18.4 Å². The number of benzene rings is 1. The van der Waals surface area contributed by atoms with Crippen LogP contribution in [0.15, 0.2) is 22.7 Å². The zero-order valence-corrected chi connectivity index (χ0v) is 12.4. The Kier molecular flexibility index (Phi) is 3.02. The Balaban J connectivity index is 1.74. The van der Waals surface area contributed by atoms with Crippen LogP contribution in [0.5, 0.6) is 0 Å². The van der Waals surface area contributed by atoms with E-state index in [0.29, 0.717) is 17.3 Å². The number of hydrogen-bond donors (Lipinski definition) is 1. The van der Waals surface area contributed by atoms with Crippen LogP contribution >= 0.6 is 15.9 Å². The molecule has 2 saturated carbocycles. The molecule has 2 aliphatic carbocycles. The zero-order chi connectivity index (χ0) is 12.9. The van der Waals surface area contributed by atoms with Crippen molar-refractivity contribution >= 4 is 15.9 Å². The Hall–Kier alpha value is -0.410. The molecule has 0 spiro atoms. The molecule has 18 heavy (non-hydrogen) atoms. The maximum Gasteiger partial charge on any atom is 0.124 e. The van der Waals surface area contributed by atoms with Crippen LogP contribution in [0.1, 0.15) is 38.2 Å². The van der Waals surface area contributed by atoms with Gasteiger partial charge in [0.25, 0.3) is 0 Å². The summed E-state index contributed by atoms with van der Waals surface area (Å²) in [4.78, 5) is 0. The first kappa shape index (κ1) is 12.6. The molecule has 1 nitrogen and oxygen atoms in total. The maximum atomic E-state index is 13.1. The summed E-state index contributed by atoms with van der Waals surface area (Å²) in [6.45, 7) is 5.71. The molecule has 2 atom stereocenters. The third-order valence-electron chi connectivity index (χ3n) is 4.55. The largest absolute Gasteiger partial charge is 0.314 e. The van der Waals surface area contributed by atoms with Crippen LogP contribution in [0, 0.1) is 17.2 Å². The van der Waals surface area contributed by atoms with E-state index in [1.807, 2.05) is 6.07 Å². The molecule has 0 saturated heterocycles. The quantitative estimate of drug-likeness (QED) is 0.883. The minimum Gasteiger partial charge on any atom is -0.314 e. The van der Waals surface area contributed by atoms with Gasteiger partial charge in [0.15, 0.2) is 0 Å². The van der Waals surface area contributed by atoms with Gasteiger partial charge in [0, 0.05) is 10.5 Å². The zero-order valence-electron chi connectivity index (χ0n) is 10.8. The minimum absolute atomic E-state index is 0.170. The van der Waals surface area contributed by atoms with Gasteiger partial charge >= 0.3 is 0 Å². The Morgan fingerprint density at radius 1 is 1.39 bits per heavy atom. The van der Waals surface area contributed by atoms with Crippen molar-refractivity contribution in [1.82, 2.24) is 5.32 Å². The summed E-state index contributed by atoms with van der Waals surface area (Å²) >= 11 is 3.50. The van der Waals surface area contributed by atoms with E-state index < -0.39 is 0 Å². The lowest BCUT2D eigenvalue weighted by molar-refractivity contribution is 0.517. The van der Waals surface area contributed by atoms with Gasteiger partial charge < -0.3 is 5.32 Å². The van der Waals surface area contributed by atoms with Crippen LogP contribution in [0.25, 0.3) is 0 Å². The molecular weight excluding hydrogens is 293 g/mol. The molecule has 0 aliphatic heterocycles. The van der Waals surface area contributed by atoms with Crippen molar-refractivity contribution in [3.63, 3.8) is 0 Å². The van der Waals surface area contributed by atoms with Crippen molar-refractivity contribution in [2.45, 2.75) is 38.6 Å². The van der Waals surface area contributed by atoms with Crippen LogP contribution in [-0.4, -0.2) is 12.6 Å². The standard InChI is InChI=1S/C15H19BrFN/c1-15(2)12(8-18-10-4-5-10)14(15)11-6-3-9(17)7-13(11)16/h3,6-7,10,12,14,18H,4-5,8H2,1-2H3. The van der Waals surface area contributed by atoms with Crippen molar-refractivity contribution in [3.8, 4) is 0 Å². The lowest BCUT2D eigenvalue weighted by atomic mass is 10.0. The first-order valence-electron chi connectivity index (χ1n) is 6.68. The molecule has 1 aromatic carbocycles. The predicted octanol–water partition coefficient (Wildman–Crippen LogP) is 4.08. The number of rotatable bonds is 4. The van der Waals surface area contributed by atoms with Crippen LogP contribution in [0.2, 0.25) is 0 Å². The smallest absolute Gasteiger partial charge is 0.124 e. The molecule has 1 aromatic rings. The third-order valence-corrected chi connectivity index (χ3v) is 5.24. The van der Waals surface area contributed by atoms with Gasteiger partial charge in [0.1, 0.15) is 5.82 Å². The van der Waals surface area contributed by atoms with Crippen molar-refractivity contribution in [3.05, 3.63) is 34.1 Å². The second-order valence-electron chi connectivity index (χ2n) is 6.25. The predicted molar refractivity (Wildman–Crippen MR) is 75.1 cm³/mol. The molecule has 2 fully saturated rings. The molecule has 0 radical (unpaired) electrons. The second kappa shape index (κ2) is 4.31. The average Bonchev–Trinajstić information content (AvgIpc) is 3.15. The highest BCUT2D eigenvalue weighted by atomic mass is 79.9. The van der Waals surface area contributed by atoms with Gasteiger partial charge in [-0.25, -0.2) is 4.39 Å². The van der Waals surface area contributed by atoms with Gasteiger partial charge in [-0.2, -0.15) is 0 Å². The topological polar surface area (TPSA) is 12.0 Å². The molecule has 2 aliphatic rings. The summed E-state index contributed by atoms with van der Waals surface area (Å²) in [5.41, 5.74) is 1.58. The Bertz CT molecular complexity index is 468. The van der Waals surface area contributed by atoms with Gasteiger partial charge in [-0.1, -0.05) is 35.8 Å². The van der Waals surface area contributed by atoms with Gasteiger partial charge in [0.2, 0.25) is 0 Å². The Morgan fingerprint density at radius 2 is 2.11 bits per heavy atom. The van der Waals surface area contributed by atoms with Crippen molar-refractivity contribution in [2.24, 2.45) is 11.3 Å². The van der Waals surface area contributed by atoms with Crippen molar-refractivity contribution in [2.75, 3.05) is 6.54 Å². The Labute approximate surface area is 116 Å². The van der Waals surface area contributed by atoms with Gasteiger partial charge in [-0.05, 0) is 54.3 Å². The van der Waals surface area contributed by atoms with Crippen molar-refractivity contribution in [1.29, 1.82) is 0 Å². The fraction of sp³-hybridized carbons (Fsp3) is 0.600. The second-order valence-corrected chi connectivity index (χ2v) is 7.11. The van der Waals surface area contributed by atoms with Crippen LogP contribution in [-0.2, 0) is 0 Å². The summed E-state index contributed by atoms with van der Waals surface area (Å²) in [5.74, 6) is 1.04. The average molecular weight is 312 g/mol. The molecule has 2 unspecified atom stereocenters. The molecule has 0 aromatic heterocycles. The van der Waals surface area contributed by atoms with Gasteiger partial charge in [0.05, 0.1) is 0 Å². The van der Waals surface area contributed by atoms with E-state index in [-0.39, 0.29) is 5.82 Å². The maximum absolute atomic E-state index is 13.1. The third kappa shape index (κ3) is 2.23. The highest BCUT2D eigenvalue weighted by molar-refractivity contribution is 9.10. The molecule has 0 amide bonds. The molecular formula is C15H19BrFN.